The minimum atomic E-state index is 0.00633. The highest BCUT2D eigenvalue weighted by molar-refractivity contribution is 5.93. The number of nitrogens with zero attached hydrogens (tertiary/aromatic N) is 3. The summed E-state index contributed by atoms with van der Waals surface area (Å²) in [6, 6.07) is 12.6. The van der Waals surface area contributed by atoms with Gasteiger partial charge in [0.1, 0.15) is 5.82 Å². The Morgan fingerprint density at radius 2 is 2.00 bits per heavy atom. The van der Waals surface area contributed by atoms with E-state index < -0.39 is 0 Å². The molecule has 2 aromatic heterocycles. The molecular weight excluding hydrogens is 388 g/mol. The quantitative estimate of drug-likeness (QED) is 0.659. The summed E-state index contributed by atoms with van der Waals surface area (Å²) in [5, 5.41) is 4.06. The van der Waals surface area contributed by atoms with Crippen LogP contribution in [0.5, 0.6) is 0 Å². The number of piperidine rings is 1. The van der Waals surface area contributed by atoms with E-state index in [1.165, 1.54) is 10.9 Å². The third kappa shape index (κ3) is 4.24. The zero-order valence-electron chi connectivity index (χ0n) is 17.5. The molecule has 0 aliphatic carbocycles. The molecular formula is C25H26N4O2. The first-order valence-corrected chi connectivity index (χ1v) is 11.0. The predicted molar refractivity (Wildman–Crippen MR) is 121 cm³/mol. The smallest absolute Gasteiger partial charge is 0.246 e. The fraction of sp³-hybridized carbons (Fsp3) is 0.320. The Morgan fingerprint density at radius 1 is 1.16 bits per heavy atom. The third-order valence-electron chi connectivity index (χ3n) is 6.35. The van der Waals surface area contributed by atoms with Gasteiger partial charge in [-0.05, 0) is 66.0 Å². The van der Waals surface area contributed by atoms with Crippen molar-refractivity contribution in [2.24, 2.45) is 5.92 Å². The number of benzene rings is 1. The summed E-state index contributed by atoms with van der Waals surface area (Å²) in [6.07, 6.45) is 10.5. The van der Waals surface area contributed by atoms with Crippen LogP contribution in [-0.4, -0.2) is 39.4 Å². The van der Waals surface area contributed by atoms with Crippen molar-refractivity contribution in [1.29, 1.82) is 0 Å². The molecule has 1 N–H and O–H groups in total. The molecule has 4 heterocycles. The normalized spacial score (nSPS) is 17.2. The molecule has 0 spiro atoms. The zero-order chi connectivity index (χ0) is 21.2. The topological polar surface area (TPSA) is 67.2 Å². The second-order valence-corrected chi connectivity index (χ2v) is 8.45. The van der Waals surface area contributed by atoms with Crippen LogP contribution >= 0.6 is 0 Å². The number of nitrogens with one attached hydrogen (secondary N) is 1. The van der Waals surface area contributed by atoms with Crippen molar-refractivity contribution in [3.63, 3.8) is 0 Å². The Bertz CT molecular complexity index is 1160. The van der Waals surface area contributed by atoms with Gasteiger partial charge in [-0.1, -0.05) is 18.2 Å². The van der Waals surface area contributed by atoms with Crippen molar-refractivity contribution in [1.82, 2.24) is 14.5 Å². The highest BCUT2D eigenvalue weighted by Gasteiger charge is 2.22. The van der Waals surface area contributed by atoms with E-state index in [1.807, 2.05) is 17.0 Å². The maximum Gasteiger partial charge on any atom is 0.246 e. The summed E-state index contributed by atoms with van der Waals surface area (Å²) in [5.41, 5.74) is 3.19. The number of aromatic nitrogens is 2. The molecule has 0 radical (unpaired) electrons. The molecule has 3 aromatic rings. The lowest BCUT2D eigenvalue weighted by molar-refractivity contribution is -0.127. The van der Waals surface area contributed by atoms with Gasteiger partial charge in [0.25, 0.3) is 0 Å². The van der Waals surface area contributed by atoms with E-state index in [2.05, 4.69) is 51.4 Å². The van der Waals surface area contributed by atoms with Gasteiger partial charge in [0.15, 0.2) is 0 Å². The fourth-order valence-electron chi connectivity index (χ4n) is 4.55. The molecule has 5 rings (SSSR count). The minimum absolute atomic E-state index is 0.00633. The number of anilines is 1. The maximum absolute atomic E-state index is 12.7. The number of hydrogen-bond acceptors (Lipinski definition) is 3. The van der Waals surface area contributed by atoms with Crippen LogP contribution in [-0.2, 0) is 22.6 Å². The van der Waals surface area contributed by atoms with Crippen molar-refractivity contribution in [2.45, 2.75) is 32.2 Å². The Hall–Kier alpha value is -3.41. The van der Waals surface area contributed by atoms with Crippen LogP contribution in [0.4, 0.5) is 5.82 Å². The average molecular weight is 415 g/mol. The number of carbonyl (C=O) groups is 2. The average Bonchev–Trinajstić information content (AvgIpc) is 3.21. The summed E-state index contributed by atoms with van der Waals surface area (Å²) in [7, 11) is 0. The van der Waals surface area contributed by atoms with E-state index in [9.17, 15) is 9.59 Å². The minimum Gasteiger partial charge on any atom is -0.347 e. The Balaban J connectivity index is 1.16. The van der Waals surface area contributed by atoms with Gasteiger partial charge in [-0.2, -0.15) is 0 Å². The van der Waals surface area contributed by atoms with Crippen molar-refractivity contribution in [3.8, 4) is 0 Å². The van der Waals surface area contributed by atoms with E-state index in [4.69, 9.17) is 0 Å². The molecule has 1 saturated heterocycles. The van der Waals surface area contributed by atoms with Gasteiger partial charge < -0.3 is 14.8 Å². The Morgan fingerprint density at radius 3 is 2.87 bits per heavy atom. The SMILES string of the molecule is O=C1CCc2cc(/C=C/C(=O)N3CCC(Cn4ccc5ccccc54)CC3)cnc2N1. The molecule has 1 aromatic carbocycles. The number of fused-ring (bicyclic) bond motifs is 2. The standard InChI is InChI=1S/C25H26N4O2/c30-23-7-6-21-15-19(16-26-25(21)27-23)5-8-24(31)28-12-9-18(10-13-28)17-29-14-11-20-3-1-2-4-22(20)29/h1-5,8,11,14-16,18H,6-7,9-10,12-13,17H2,(H,26,27,30)/b8-5+. The van der Waals surface area contributed by atoms with E-state index in [-0.39, 0.29) is 11.8 Å². The van der Waals surface area contributed by atoms with Gasteiger partial charge >= 0.3 is 0 Å². The number of hydrogen-bond donors (Lipinski definition) is 1. The molecule has 2 amide bonds. The molecule has 2 aliphatic heterocycles. The Kier molecular flexibility index (Phi) is 5.28. The van der Waals surface area contributed by atoms with Crippen LogP contribution in [0.3, 0.4) is 0 Å². The first-order chi connectivity index (χ1) is 15.2. The number of carbonyl (C=O) groups excluding carboxylic acids is 2. The monoisotopic (exact) mass is 414 g/mol. The summed E-state index contributed by atoms with van der Waals surface area (Å²) >= 11 is 0. The van der Waals surface area contributed by atoms with Crippen molar-refractivity contribution >= 4 is 34.6 Å². The predicted octanol–water partition coefficient (Wildman–Crippen LogP) is 3.87. The molecule has 0 unspecified atom stereocenters. The second kappa shape index (κ2) is 8.38. The zero-order valence-corrected chi connectivity index (χ0v) is 17.5. The third-order valence-corrected chi connectivity index (χ3v) is 6.35. The maximum atomic E-state index is 12.7. The number of rotatable bonds is 4. The van der Waals surface area contributed by atoms with Crippen LogP contribution < -0.4 is 5.32 Å². The van der Waals surface area contributed by atoms with E-state index in [0.29, 0.717) is 24.6 Å². The summed E-state index contributed by atoms with van der Waals surface area (Å²) < 4.78 is 2.34. The van der Waals surface area contributed by atoms with E-state index in [1.54, 1.807) is 12.3 Å². The van der Waals surface area contributed by atoms with Crippen LogP contribution in [0.15, 0.2) is 54.9 Å². The molecule has 6 nitrogen and oxygen atoms in total. The first kappa shape index (κ1) is 19.5. The lowest BCUT2D eigenvalue weighted by atomic mass is 9.96. The van der Waals surface area contributed by atoms with Crippen LogP contribution in [0.1, 0.15) is 30.4 Å². The number of para-hydroxylation sites is 1. The molecule has 158 valence electrons. The molecule has 31 heavy (non-hydrogen) atoms. The molecule has 2 aliphatic rings. The van der Waals surface area contributed by atoms with Gasteiger partial charge in [0.2, 0.25) is 11.8 Å². The van der Waals surface area contributed by atoms with Gasteiger partial charge in [-0.25, -0.2) is 4.98 Å². The molecule has 0 saturated carbocycles. The summed E-state index contributed by atoms with van der Waals surface area (Å²) in [6.45, 7) is 2.59. The molecule has 1 fully saturated rings. The van der Waals surface area contributed by atoms with Crippen LogP contribution in [0.2, 0.25) is 0 Å². The molecule has 0 atom stereocenters. The van der Waals surface area contributed by atoms with Crippen molar-refractivity contribution in [3.05, 3.63) is 66.0 Å². The Labute approximate surface area is 181 Å². The summed E-state index contributed by atoms with van der Waals surface area (Å²) in [4.78, 5) is 30.4. The van der Waals surface area contributed by atoms with Crippen molar-refractivity contribution < 1.29 is 9.59 Å². The van der Waals surface area contributed by atoms with E-state index in [0.717, 1.165) is 43.6 Å². The van der Waals surface area contributed by atoms with Crippen LogP contribution in [0, 0.1) is 5.92 Å². The summed E-state index contributed by atoms with van der Waals surface area (Å²) in [5.74, 6) is 1.28. The van der Waals surface area contributed by atoms with Gasteiger partial charge in [-0.15, -0.1) is 0 Å². The molecule has 6 heteroatoms. The lowest BCUT2D eigenvalue weighted by Gasteiger charge is -2.31. The number of pyridine rings is 1. The van der Waals surface area contributed by atoms with Gasteiger partial charge in [-0.3, -0.25) is 9.59 Å². The molecule has 0 bridgehead atoms. The van der Waals surface area contributed by atoms with Gasteiger partial charge in [0.05, 0.1) is 0 Å². The number of likely N-dealkylation sites (tertiary alicyclic amines) is 1. The van der Waals surface area contributed by atoms with Crippen LogP contribution in [0.25, 0.3) is 17.0 Å². The number of amides is 2. The highest BCUT2D eigenvalue weighted by Crippen LogP contribution is 2.24. The fourth-order valence-corrected chi connectivity index (χ4v) is 4.55. The largest absolute Gasteiger partial charge is 0.347 e. The van der Waals surface area contributed by atoms with E-state index >= 15 is 0 Å². The lowest BCUT2D eigenvalue weighted by Crippen LogP contribution is -2.38. The first-order valence-electron chi connectivity index (χ1n) is 11.0. The second-order valence-electron chi connectivity index (χ2n) is 8.45. The highest BCUT2D eigenvalue weighted by atomic mass is 16.2. The van der Waals surface area contributed by atoms with Gasteiger partial charge in [0, 0.05) is 50.0 Å². The van der Waals surface area contributed by atoms with Crippen molar-refractivity contribution in [2.75, 3.05) is 18.4 Å². The number of aryl methyl sites for hydroxylation is 1.